The van der Waals surface area contributed by atoms with Crippen molar-refractivity contribution in [1.82, 2.24) is 4.90 Å². The van der Waals surface area contributed by atoms with Gasteiger partial charge in [0.25, 0.3) is 0 Å². The Morgan fingerprint density at radius 3 is 2.57 bits per heavy atom. The predicted octanol–water partition coefficient (Wildman–Crippen LogP) is 4.53. The highest BCUT2D eigenvalue weighted by Gasteiger charge is 2.35. The predicted molar refractivity (Wildman–Crippen MR) is 106 cm³/mol. The highest BCUT2D eigenvalue weighted by Crippen LogP contribution is 2.33. The molecular weight excluding hydrogens is 419 g/mol. The summed E-state index contributed by atoms with van der Waals surface area (Å²) < 4.78 is 68.4. The minimum Gasteiger partial charge on any atom is -0.459 e. The van der Waals surface area contributed by atoms with Gasteiger partial charge in [0.1, 0.15) is 11.5 Å². The number of benzene rings is 1. The monoisotopic (exact) mass is 443 g/mol. The lowest BCUT2D eigenvalue weighted by Gasteiger charge is -2.28. The molecule has 0 saturated carbocycles. The van der Waals surface area contributed by atoms with Crippen LogP contribution in [0.5, 0.6) is 0 Å². The molecular formula is C21H24F3NO4S. The topological polar surface area (TPSA) is 67.6 Å². The molecule has 1 aromatic carbocycles. The van der Waals surface area contributed by atoms with Gasteiger partial charge in [0.15, 0.2) is 9.84 Å². The van der Waals surface area contributed by atoms with Crippen LogP contribution in [0.25, 0.3) is 11.3 Å². The van der Waals surface area contributed by atoms with E-state index in [9.17, 15) is 26.4 Å². The van der Waals surface area contributed by atoms with Crippen LogP contribution in [-0.2, 0) is 27.4 Å². The summed E-state index contributed by atoms with van der Waals surface area (Å²) >= 11 is 0. The third-order valence-corrected chi connectivity index (χ3v) is 6.76. The number of alkyl halides is 3. The molecule has 3 rings (SSSR count). The minimum absolute atomic E-state index is 0.0385. The van der Waals surface area contributed by atoms with Crippen LogP contribution in [0.2, 0.25) is 0 Å². The molecule has 1 aromatic heterocycles. The van der Waals surface area contributed by atoms with Crippen molar-refractivity contribution in [2.75, 3.05) is 11.5 Å². The molecule has 30 heavy (non-hydrogen) atoms. The van der Waals surface area contributed by atoms with E-state index >= 15 is 0 Å². The van der Waals surface area contributed by atoms with E-state index in [1.165, 1.54) is 17.0 Å². The second kappa shape index (κ2) is 8.45. The van der Waals surface area contributed by atoms with E-state index < -0.39 is 27.6 Å². The van der Waals surface area contributed by atoms with Crippen molar-refractivity contribution in [3.05, 3.63) is 47.7 Å². The number of carbonyl (C=O) groups is 1. The molecule has 1 amide bonds. The van der Waals surface area contributed by atoms with Gasteiger partial charge in [-0.3, -0.25) is 4.79 Å². The van der Waals surface area contributed by atoms with Crippen molar-refractivity contribution < 1.29 is 30.8 Å². The first-order valence-electron chi connectivity index (χ1n) is 9.71. The normalized spacial score (nSPS) is 18.7. The molecule has 0 N–H and O–H groups in total. The summed E-state index contributed by atoms with van der Waals surface area (Å²) in [6, 6.07) is 7.55. The number of hydrogen-bond donors (Lipinski definition) is 0. The fraction of sp³-hybridized carbons (Fsp3) is 0.476. The zero-order valence-electron chi connectivity index (χ0n) is 16.8. The van der Waals surface area contributed by atoms with Crippen LogP contribution < -0.4 is 0 Å². The van der Waals surface area contributed by atoms with Crippen LogP contribution in [0, 0.1) is 5.92 Å². The maximum Gasteiger partial charge on any atom is 0.416 e. The highest BCUT2D eigenvalue weighted by atomic mass is 32.2. The average molecular weight is 443 g/mol. The van der Waals surface area contributed by atoms with Crippen LogP contribution in [0.4, 0.5) is 13.2 Å². The largest absolute Gasteiger partial charge is 0.459 e. The van der Waals surface area contributed by atoms with Gasteiger partial charge in [-0.25, -0.2) is 8.42 Å². The van der Waals surface area contributed by atoms with Crippen LogP contribution >= 0.6 is 0 Å². The molecule has 1 fully saturated rings. The fourth-order valence-corrected chi connectivity index (χ4v) is 5.27. The lowest BCUT2D eigenvalue weighted by molar-refractivity contribution is -0.137. The van der Waals surface area contributed by atoms with Crippen molar-refractivity contribution in [2.45, 2.75) is 45.5 Å². The lowest BCUT2D eigenvalue weighted by Crippen LogP contribution is -2.41. The van der Waals surface area contributed by atoms with Gasteiger partial charge in [-0.15, -0.1) is 0 Å². The van der Waals surface area contributed by atoms with Crippen molar-refractivity contribution >= 4 is 15.7 Å². The summed E-state index contributed by atoms with van der Waals surface area (Å²) in [5, 5.41) is 0. The first-order valence-corrected chi connectivity index (χ1v) is 11.5. The number of halogens is 3. The molecule has 1 aliphatic rings. The quantitative estimate of drug-likeness (QED) is 0.658. The zero-order valence-corrected chi connectivity index (χ0v) is 17.6. The van der Waals surface area contributed by atoms with Gasteiger partial charge in [0.2, 0.25) is 5.91 Å². The molecule has 1 aliphatic heterocycles. The Morgan fingerprint density at radius 1 is 1.23 bits per heavy atom. The summed E-state index contributed by atoms with van der Waals surface area (Å²) in [6.07, 6.45) is -3.81. The van der Waals surface area contributed by atoms with Gasteiger partial charge >= 0.3 is 6.18 Å². The maximum atomic E-state index is 13.0. The summed E-state index contributed by atoms with van der Waals surface area (Å²) in [6.45, 7) is 3.88. The van der Waals surface area contributed by atoms with Gasteiger partial charge in [0.05, 0.1) is 23.6 Å². The van der Waals surface area contributed by atoms with Gasteiger partial charge in [-0.2, -0.15) is 13.2 Å². The number of nitrogens with zero attached hydrogens (tertiary/aromatic N) is 1. The van der Waals surface area contributed by atoms with E-state index in [-0.39, 0.29) is 47.6 Å². The number of carbonyl (C=O) groups excluding carboxylic acids is 1. The molecule has 1 atom stereocenters. The number of rotatable bonds is 6. The molecule has 9 heteroatoms. The average Bonchev–Trinajstić information content (AvgIpc) is 3.24. The summed E-state index contributed by atoms with van der Waals surface area (Å²) in [5.74, 6) is 0.545. The van der Waals surface area contributed by atoms with E-state index in [4.69, 9.17) is 4.42 Å². The zero-order chi connectivity index (χ0) is 22.1. The van der Waals surface area contributed by atoms with E-state index in [1.807, 2.05) is 13.8 Å². The Labute approximate surface area is 173 Å². The Balaban J connectivity index is 1.83. The SMILES string of the molecule is CC(C)CC(=O)N(Cc1ccc(-c2cccc(C(F)(F)F)c2)o1)C1CCS(=O)(=O)C1. The minimum atomic E-state index is -4.46. The number of hydrogen-bond acceptors (Lipinski definition) is 4. The first-order chi connectivity index (χ1) is 13.9. The van der Waals surface area contributed by atoms with Gasteiger partial charge < -0.3 is 9.32 Å². The van der Waals surface area contributed by atoms with Crippen molar-refractivity contribution in [1.29, 1.82) is 0 Å². The van der Waals surface area contributed by atoms with Gasteiger partial charge in [-0.1, -0.05) is 26.0 Å². The van der Waals surface area contributed by atoms with Gasteiger partial charge in [0, 0.05) is 18.0 Å². The summed E-state index contributed by atoms with van der Waals surface area (Å²) in [5.41, 5.74) is -0.498. The van der Waals surface area contributed by atoms with E-state index in [2.05, 4.69) is 0 Å². The summed E-state index contributed by atoms with van der Waals surface area (Å²) in [4.78, 5) is 14.3. The highest BCUT2D eigenvalue weighted by molar-refractivity contribution is 7.91. The van der Waals surface area contributed by atoms with Crippen molar-refractivity contribution in [3.63, 3.8) is 0 Å². The summed E-state index contributed by atoms with van der Waals surface area (Å²) in [7, 11) is -3.18. The van der Waals surface area contributed by atoms with Gasteiger partial charge in [-0.05, 0) is 36.6 Å². The third-order valence-electron chi connectivity index (χ3n) is 5.01. The van der Waals surface area contributed by atoms with Crippen LogP contribution in [0.15, 0.2) is 40.8 Å². The first kappa shape index (κ1) is 22.4. The molecule has 5 nitrogen and oxygen atoms in total. The van der Waals surface area contributed by atoms with Crippen LogP contribution in [0.3, 0.4) is 0 Å². The number of amides is 1. The molecule has 0 spiro atoms. The molecule has 1 unspecified atom stereocenters. The van der Waals surface area contributed by atoms with E-state index in [1.54, 1.807) is 12.1 Å². The number of furan rings is 1. The third kappa shape index (κ3) is 5.44. The maximum absolute atomic E-state index is 13.0. The smallest absolute Gasteiger partial charge is 0.416 e. The number of sulfone groups is 1. The Bertz CT molecular complexity index is 1010. The van der Waals surface area contributed by atoms with Crippen LogP contribution in [0.1, 0.15) is 38.0 Å². The Morgan fingerprint density at radius 2 is 1.97 bits per heavy atom. The van der Waals surface area contributed by atoms with Crippen molar-refractivity contribution in [2.24, 2.45) is 5.92 Å². The second-order valence-corrected chi connectivity index (χ2v) is 10.2. The lowest BCUT2D eigenvalue weighted by atomic mass is 10.1. The molecule has 2 aromatic rings. The van der Waals surface area contributed by atoms with Crippen LogP contribution in [-0.4, -0.2) is 36.8 Å². The molecule has 0 aliphatic carbocycles. The Hall–Kier alpha value is -2.29. The standard InChI is InChI=1S/C21H24F3NO4S/c1-14(2)10-20(26)25(17-8-9-30(27,28)13-17)12-18-6-7-19(29-18)15-4-3-5-16(11-15)21(22,23)24/h3-7,11,14,17H,8-10,12-13H2,1-2H3. The van der Waals surface area contributed by atoms with E-state index in [0.717, 1.165) is 12.1 Å². The molecule has 0 bridgehead atoms. The Kier molecular flexibility index (Phi) is 6.31. The molecule has 164 valence electrons. The second-order valence-electron chi connectivity index (χ2n) is 8.02. The van der Waals surface area contributed by atoms with Crippen molar-refractivity contribution in [3.8, 4) is 11.3 Å². The molecule has 0 radical (unpaired) electrons. The molecule has 2 heterocycles. The fourth-order valence-electron chi connectivity index (χ4n) is 3.54. The van der Waals surface area contributed by atoms with E-state index in [0.29, 0.717) is 12.2 Å². The molecule has 1 saturated heterocycles.